The summed E-state index contributed by atoms with van der Waals surface area (Å²) in [5.74, 6) is 2.00. The van der Waals surface area contributed by atoms with Gasteiger partial charge < -0.3 is 15.8 Å². The average Bonchev–Trinajstić information content (AvgIpc) is 3.70. The monoisotopic (exact) mass is 519 g/mol. The molecule has 2 aromatic carbocycles. The van der Waals surface area contributed by atoms with Crippen LogP contribution < -0.4 is 15.8 Å². The normalized spacial score (nSPS) is 19.4. The molecule has 0 aliphatic heterocycles. The van der Waals surface area contributed by atoms with Crippen molar-refractivity contribution in [2.75, 3.05) is 5.73 Å². The van der Waals surface area contributed by atoms with Crippen LogP contribution >= 0.6 is 0 Å². The van der Waals surface area contributed by atoms with Crippen LogP contribution in [-0.2, 0) is 4.79 Å². The van der Waals surface area contributed by atoms with Gasteiger partial charge in [-0.3, -0.25) is 4.79 Å². The number of carbonyl (C=O) groups is 1. The summed E-state index contributed by atoms with van der Waals surface area (Å²) in [6.45, 7) is 0. The second-order valence-electron chi connectivity index (χ2n) is 10.2. The number of nitrogens with one attached hydrogen (secondary N) is 1. The number of aromatic nitrogens is 4. The number of para-hydroxylation sites is 1. The molecule has 9 heteroatoms. The fraction of sp³-hybridized carbons (Fsp3) is 0.300. The van der Waals surface area contributed by atoms with Crippen molar-refractivity contribution < 1.29 is 9.53 Å². The predicted molar refractivity (Wildman–Crippen MR) is 148 cm³/mol. The van der Waals surface area contributed by atoms with E-state index in [1.807, 2.05) is 65.4 Å². The summed E-state index contributed by atoms with van der Waals surface area (Å²) < 4.78 is 7.90. The number of hydrogen-bond donors (Lipinski definition) is 2. The van der Waals surface area contributed by atoms with Gasteiger partial charge in [0.1, 0.15) is 41.0 Å². The first-order valence-electron chi connectivity index (χ1n) is 13.3. The van der Waals surface area contributed by atoms with E-state index in [1.165, 1.54) is 6.33 Å². The number of anilines is 1. The molecule has 1 amide bonds. The van der Waals surface area contributed by atoms with Gasteiger partial charge in [-0.1, -0.05) is 24.3 Å². The van der Waals surface area contributed by atoms with Crippen LogP contribution in [0.25, 0.3) is 22.3 Å². The van der Waals surface area contributed by atoms with Crippen molar-refractivity contribution in [2.24, 2.45) is 5.92 Å². The minimum Gasteiger partial charge on any atom is -0.457 e. The predicted octanol–water partition coefficient (Wildman–Crippen LogP) is 5.33. The summed E-state index contributed by atoms with van der Waals surface area (Å²) in [5.41, 5.74) is 8.88. The number of rotatable bonds is 7. The highest BCUT2D eigenvalue weighted by molar-refractivity contribution is 5.98. The lowest BCUT2D eigenvalue weighted by Gasteiger charge is -2.29. The SMILES string of the molecule is N#C/C(=C\C1CC1)C(=O)NC1CCC(n2nc(-c3ccc(Oc4ccccc4)cc3)c3c(N)ncnc32)CC1. The van der Waals surface area contributed by atoms with Gasteiger partial charge in [0.05, 0.1) is 11.4 Å². The quantitative estimate of drug-likeness (QED) is 0.249. The van der Waals surface area contributed by atoms with Gasteiger partial charge in [0.15, 0.2) is 5.65 Å². The maximum absolute atomic E-state index is 12.6. The van der Waals surface area contributed by atoms with Gasteiger partial charge in [-0.15, -0.1) is 0 Å². The summed E-state index contributed by atoms with van der Waals surface area (Å²) in [5, 5.41) is 18.1. The van der Waals surface area contributed by atoms with Crippen LogP contribution in [0.5, 0.6) is 11.5 Å². The molecule has 2 heterocycles. The number of nitriles is 1. The van der Waals surface area contributed by atoms with Crippen molar-refractivity contribution in [1.29, 1.82) is 5.26 Å². The summed E-state index contributed by atoms with van der Waals surface area (Å²) in [6, 6.07) is 19.6. The summed E-state index contributed by atoms with van der Waals surface area (Å²) in [7, 11) is 0. The molecule has 6 rings (SSSR count). The fourth-order valence-electron chi connectivity index (χ4n) is 5.15. The number of nitrogens with zero attached hydrogens (tertiary/aromatic N) is 5. The molecule has 196 valence electrons. The number of fused-ring (bicyclic) bond motifs is 1. The molecule has 0 atom stereocenters. The number of ether oxygens (including phenoxy) is 1. The Morgan fingerprint density at radius 2 is 1.72 bits per heavy atom. The van der Waals surface area contributed by atoms with Gasteiger partial charge in [0, 0.05) is 11.6 Å². The van der Waals surface area contributed by atoms with Crippen molar-refractivity contribution in [3.8, 4) is 28.8 Å². The molecule has 0 radical (unpaired) electrons. The molecule has 3 N–H and O–H groups in total. The molecule has 9 nitrogen and oxygen atoms in total. The van der Waals surface area contributed by atoms with Gasteiger partial charge in [-0.2, -0.15) is 10.4 Å². The van der Waals surface area contributed by atoms with Gasteiger partial charge in [0.25, 0.3) is 5.91 Å². The highest BCUT2D eigenvalue weighted by Crippen LogP contribution is 2.37. The molecule has 0 unspecified atom stereocenters. The van der Waals surface area contributed by atoms with E-state index in [-0.39, 0.29) is 23.6 Å². The lowest BCUT2D eigenvalue weighted by Crippen LogP contribution is -2.38. The molecule has 2 aliphatic carbocycles. The number of nitrogen functional groups attached to an aromatic ring is 1. The molecule has 4 aromatic rings. The van der Waals surface area contributed by atoms with E-state index in [2.05, 4.69) is 21.4 Å². The van der Waals surface area contributed by atoms with Gasteiger partial charge in [-0.25, -0.2) is 14.6 Å². The van der Waals surface area contributed by atoms with Crippen LogP contribution in [0.4, 0.5) is 5.82 Å². The highest BCUT2D eigenvalue weighted by Gasteiger charge is 2.29. The number of carbonyl (C=O) groups excluding carboxylic acids is 1. The van der Waals surface area contributed by atoms with Crippen LogP contribution in [-0.4, -0.2) is 31.7 Å². The number of amides is 1. The summed E-state index contributed by atoms with van der Waals surface area (Å²) in [6.07, 6.45) is 8.63. The van der Waals surface area contributed by atoms with Crippen molar-refractivity contribution in [3.05, 3.63) is 72.6 Å². The molecule has 0 spiro atoms. The van der Waals surface area contributed by atoms with E-state index in [0.29, 0.717) is 17.4 Å². The average molecular weight is 520 g/mol. The molecule has 0 bridgehead atoms. The van der Waals surface area contributed by atoms with E-state index in [4.69, 9.17) is 15.6 Å². The van der Waals surface area contributed by atoms with Crippen molar-refractivity contribution in [3.63, 3.8) is 0 Å². The largest absolute Gasteiger partial charge is 0.457 e. The van der Waals surface area contributed by atoms with Crippen LogP contribution in [0.2, 0.25) is 0 Å². The van der Waals surface area contributed by atoms with Crippen LogP contribution in [0.15, 0.2) is 72.6 Å². The molecular formula is C30H29N7O2. The third-order valence-corrected chi connectivity index (χ3v) is 7.39. The molecule has 2 aromatic heterocycles. The lowest BCUT2D eigenvalue weighted by atomic mass is 9.91. The Hall–Kier alpha value is -4.71. The van der Waals surface area contributed by atoms with E-state index in [9.17, 15) is 10.1 Å². The Labute approximate surface area is 226 Å². The maximum atomic E-state index is 12.6. The van der Waals surface area contributed by atoms with Crippen LogP contribution in [0.1, 0.15) is 44.6 Å². The maximum Gasteiger partial charge on any atom is 0.261 e. The number of nitrogens with two attached hydrogens (primary N) is 1. The van der Waals surface area contributed by atoms with Crippen LogP contribution in [0.3, 0.4) is 0 Å². The molecule has 39 heavy (non-hydrogen) atoms. The lowest BCUT2D eigenvalue weighted by molar-refractivity contribution is -0.118. The first-order chi connectivity index (χ1) is 19.1. The van der Waals surface area contributed by atoms with E-state index < -0.39 is 0 Å². The van der Waals surface area contributed by atoms with E-state index in [1.54, 1.807) is 0 Å². The molecule has 0 saturated heterocycles. The Bertz CT molecular complexity index is 1560. The third-order valence-electron chi connectivity index (χ3n) is 7.39. The third kappa shape index (κ3) is 5.32. The van der Waals surface area contributed by atoms with Crippen molar-refractivity contribution >= 4 is 22.8 Å². The van der Waals surface area contributed by atoms with Crippen molar-refractivity contribution in [1.82, 2.24) is 25.1 Å². The zero-order valence-electron chi connectivity index (χ0n) is 21.5. The second-order valence-corrected chi connectivity index (χ2v) is 10.2. The summed E-state index contributed by atoms with van der Waals surface area (Å²) in [4.78, 5) is 21.4. The standard InChI is InChI=1S/C30H29N7O2/c31-17-21(16-19-6-7-19)30(38)35-22-10-12-23(13-11-22)37-29-26(28(32)33-18-34-29)27(36-37)20-8-14-25(15-9-20)39-24-4-2-1-3-5-24/h1-5,8-9,14-16,18-19,22-23H,6-7,10-13H2,(H,35,38)(H2,32,33,34)/b21-16+. The van der Waals surface area contributed by atoms with E-state index in [0.717, 1.165) is 66.7 Å². The van der Waals surface area contributed by atoms with Crippen molar-refractivity contribution in [2.45, 2.75) is 50.6 Å². The number of hydrogen-bond acceptors (Lipinski definition) is 7. The Kier molecular flexibility index (Phi) is 6.68. The fourth-order valence-corrected chi connectivity index (χ4v) is 5.15. The van der Waals surface area contributed by atoms with Gasteiger partial charge in [-0.05, 0) is 80.8 Å². The smallest absolute Gasteiger partial charge is 0.261 e. The topological polar surface area (TPSA) is 132 Å². The molecular weight excluding hydrogens is 490 g/mol. The first kappa shape index (κ1) is 24.6. The number of benzene rings is 2. The molecule has 2 aliphatic rings. The minimum absolute atomic E-state index is 0.0304. The first-order valence-corrected chi connectivity index (χ1v) is 13.3. The minimum atomic E-state index is -0.264. The van der Waals surface area contributed by atoms with Gasteiger partial charge >= 0.3 is 0 Å². The Balaban J connectivity index is 1.19. The second kappa shape index (κ2) is 10.6. The Morgan fingerprint density at radius 1 is 1.00 bits per heavy atom. The van der Waals surface area contributed by atoms with Gasteiger partial charge in [0.2, 0.25) is 0 Å². The number of allylic oxidation sites excluding steroid dienone is 1. The molecule has 2 fully saturated rings. The Morgan fingerprint density at radius 3 is 2.41 bits per heavy atom. The molecule has 2 saturated carbocycles. The van der Waals surface area contributed by atoms with Crippen LogP contribution in [0, 0.1) is 17.2 Å². The zero-order chi connectivity index (χ0) is 26.8. The zero-order valence-corrected chi connectivity index (χ0v) is 21.5. The highest BCUT2D eigenvalue weighted by atomic mass is 16.5. The van der Waals surface area contributed by atoms with E-state index >= 15 is 0 Å². The summed E-state index contributed by atoms with van der Waals surface area (Å²) >= 11 is 0.